The molecule has 0 saturated heterocycles. The van der Waals surface area contributed by atoms with Crippen molar-refractivity contribution in [2.75, 3.05) is 0 Å². The molecular formula is C10H21ClN2O2. The molecule has 0 bridgehead atoms. The lowest BCUT2D eigenvalue weighted by atomic mass is 10.1. The van der Waals surface area contributed by atoms with Crippen LogP contribution in [0.3, 0.4) is 0 Å². The Balaban J connectivity index is 0.00000196. The highest BCUT2D eigenvalue weighted by Crippen LogP contribution is 2.20. The zero-order chi connectivity index (χ0) is 10.8. The molecular weight excluding hydrogens is 216 g/mol. The summed E-state index contributed by atoms with van der Waals surface area (Å²) in [6.07, 6.45) is 2.30. The first kappa shape index (κ1) is 14.5. The van der Waals surface area contributed by atoms with Crippen molar-refractivity contribution in [1.82, 2.24) is 5.32 Å². The molecule has 1 rings (SSSR count). The van der Waals surface area contributed by atoms with E-state index in [0.717, 1.165) is 19.3 Å². The quantitative estimate of drug-likeness (QED) is 0.730. The summed E-state index contributed by atoms with van der Waals surface area (Å²) in [5, 5.41) is 2.76. The Morgan fingerprint density at radius 3 is 2.40 bits per heavy atom. The second-order valence-electron chi connectivity index (χ2n) is 4.98. The molecule has 1 aliphatic carbocycles. The van der Waals surface area contributed by atoms with E-state index in [1.807, 2.05) is 20.8 Å². The van der Waals surface area contributed by atoms with E-state index in [-0.39, 0.29) is 36.2 Å². The van der Waals surface area contributed by atoms with E-state index >= 15 is 0 Å². The van der Waals surface area contributed by atoms with Crippen LogP contribution in [-0.2, 0) is 4.74 Å². The van der Waals surface area contributed by atoms with E-state index < -0.39 is 0 Å². The summed E-state index contributed by atoms with van der Waals surface area (Å²) in [4.78, 5) is 11.3. The topological polar surface area (TPSA) is 64.3 Å². The van der Waals surface area contributed by atoms with Crippen LogP contribution < -0.4 is 11.1 Å². The van der Waals surface area contributed by atoms with Crippen LogP contribution in [0.25, 0.3) is 0 Å². The lowest BCUT2D eigenvalue weighted by molar-refractivity contribution is 0.0938. The van der Waals surface area contributed by atoms with Crippen molar-refractivity contribution in [3.8, 4) is 0 Å². The van der Waals surface area contributed by atoms with Gasteiger partial charge in [-0.1, -0.05) is 0 Å². The molecule has 0 aromatic heterocycles. The molecule has 1 fully saturated rings. The first-order valence-corrected chi connectivity index (χ1v) is 5.11. The number of amides is 1. The number of ether oxygens (including phenoxy) is 1. The van der Waals surface area contributed by atoms with Crippen LogP contribution in [0.5, 0.6) is 0 Å². The van der Waals surface area contributed by atoms with Crippen LogP contribution in [0.1, 0.15) is 40.0 Å². The van der Waals surface area contributed by atoms with E-state index in [4.69, 9.17) is 10.5 Å². The summed E-state index contributed by atoms with van der Waals surface area (Å²) in [5.74, 6) is 0. The minimum atomic E-state index is -0.336. The van der Waals surface area contributed by atoms with Crippen molar-refractivity contribution in [1.29, 1.82) is 0 Å². The van der Waals surface area contributed by atoms with Crippen molar-refractivity contribution in [2.45, 2.75) is 57.7 Å². The van der Waals surface area contributed by atoms with Gasteiger partial charge in [-0.05, 0) is 40.0 Å². The molecule has 0 radical (unpaired) electrons. The van der Waals surface area contributed by atoms with E-state index in [0.29, 0.717) is 0 Å². The summed E-state index contributed by atoms with van der Waals surface area (Å²) in [5.41, 5.74) is 5.48. The van der Waals surface area contributed by atoms with Gasteiger partial charge in [0.15, 0.2) is 0 Å². The third-order valence-electron chi connectivity index (χ3n) is 2.18. The van der Waals surface area contributed by atoms with Gasteiger partial charge >= 0.3 is 6.09 Å². The van der Waals surface area contributed by atoms with Gasteiger partial charge < -0.3 is 15.8 Å². The Kier molecular flexibility index (Phi) is 5.38. The molecule has 3 N–H and O–H groups in total. The van der Waals surface area contributed by atoms with Gasteiger partial charge in [-0.15, -0.1) is 12.4 Å². The lowest BCUT2D eigenvalue weighted by Gasteiger charge is -2.21. The molecule has 1 amide bonds. The standard InChI is InChI=1S/C10H20N2O2.ClH/c1-10(2,3)12-9(13)14-8-5-4-7(11)6-8;/h7-8H,4-6,11H2,1-3H3,(H,12,13);1H. The van der Waals surface area contributed by atoms with Gasteiger partial charge in [-0.2, -0.15) is 0 Å². The van der Waals surface area contributed by atoms with Crippen molar-refractivity contribution < 1.29 is 9.53 Å². The predicted molar refractivity (Wildman–Crippen MR) is 62.2 cm³/mol. The molecule has 0 aliphatic heterocycles. The molecule has 2 atom stereocenters. The van der Waals surface area contributed by atoms with E-state index in [1.54, 1.807) is 0 Å². The Morgan fingerprint density at radius 1 is 1.40 bits per heavy atom. The average molecular weight is 237 g/mol. The smallest absolute Gasteiger partial charge is 0.407 e. The molecule has 90 valence electrons. The fourth-order valence-electron chi connectivity index (χ4n) is 1.57. The minimum absolute atomic E-state index is 0. The molecule has 1 saturated carbocycles. The molecule has 5 heteroatoms. The molecule has 0 aromatic carbocycles. The van der Waals surface area contributed by atoms with Gasteiger partial charge in [0.2, 0.25) is 0 Å². The van der Waals surface area contributed by atoms with Gasteiger partial charge in [-0.25, -0.2) is 4.79 Å². The van der Waals surface area contributed by atoms with E-state index in [9.17, 15) is 4.79 Å². The van der Waals surface area contributed by atoms with Crippen molar-refractivity contribution >= 4 is 18.5 Å². The molecule has 0 heterocycles. The second-order valence-corrected chi connectivity index (χ2v) is 4.98. The molecule has 2 unspecified atom stereocenters. The van der Waals surface area contributed by atoms with Gasteiger partial charge in [0.05, 0.1) is 0 Å². The highest BCUT2D eigenvalue weighted by Gasteiger charge is 2.26. The number of alkyl carbamates (subject to hydrolysis) is 1. The third-order valence-corrected chi connectivity index (χ3v) is 2.18. The highest BCUT2D eigenvalue weighted by molar-refractivity contribution is 5.85. The maximum Gasteiger partial charge on any atom is 0.407 e. The number of carbonyl (C=O) groups excluding carboxylic acids is 1. The van der Waals surface area contributed by atoms with Crippen molar-refractivity contribution in [2.24, 2.45) is 5.73 Å². The Hall–Kier alpha value is -0.480. The van der Waals surface area contributed by atoms with Gasteiger partial charge in [0, 0.05) is 11.6 Å². The molecule has 15 heavy (non-hydrogen) atoms. The Labute approximate surface area is 97.3 Å². The third kappa shape index (κ3) is 5.85. The van der Waals surface area contributed by atoms with Gasteiger partial charge in [0.1, 0.15) is 6.10 Å². The maximum atomic E-state index is 11.3. The Bertz CT molecular complexity index is 216. The number of nitrogens with one attached hydrogen (secondary N) is 1. The summed E-state index contributed by atoms with van der Waals surface area (Å²) >= 11 is 0. The van der Waals surface area contributed by atoms with Gasteiger partial charge in [0.25, 0.3) is 0 Å². The molecule has 1 aliphatic rings. The summed E-state index contributed by atoms with van der Waals surface area (Å²) in [6, 6.07) is 0.197. The number of rotatable bonds is 1. The molecule has 0 spiro atoms. The van der Waals surface area contributed by atoms with Crippen LogP contribution in [0.4, 0.5) is 4.79 Å². The fraction of sp³-hybridized carbons (Fsp3) is 0.900. The monoisotopic (exact) mass is 236 g/mol. The van der Waals surface area contributed by atoms with Crippen LogP contribution in [0.2, 0.25) is 0 Å². The number of halogens is 1. The summed E-state index contributed by atoms with van der Waals surface area (Å²) in [7, 11) is 0. The SMILES string of the molecule is CC(C)(C)NC(=O)OC1CCC(N)C1.Cl. The zero-order valence-electron chi connectivity index (χ0n) is 9.58. The first-order chi connectivity index (χ1) is 6.37. The number of carbonyl (C=O) groups is 1. The average Bonchev–Trinajstić information content (AvgIpc) is 2.30. The Morgan fingerprint density at radius 2 is 2.00 bits per heavy atom. The van der Waals surface area contributed by atoms with Crippen LogP contribution >= 0.6 is 12.4 Å². The van der Waals surface area contributed by atoms with Crippen LogP contribution in [0.15, 0.2) is 0 Å². The largest absolute Gasteiger partial charge is 0.446 e. The van der Waals surface area contributed by atoms with Crippen molar-refractivity contribution in [3.63, 3.8) is 0 Å². The van der Waals surface area contributed by atoms with Gasteiger partial charge in [-0.3, -0.25) is 0 Å². The number of hydrogen-bond acceptors (Lipinski definition) is 3. The molecule has 4 nitrogen and oxygen atoms in total. The van der Waals surface area contributed by atoms with E-state index in [2.05, 4.69) is 5.32 Å². The first-order valence-electron chi connectivity index (χ1n) is 5.11. The van der Waals surface area contributed by atoms with Crippen LogP contribution in [-0.4, -0.2) is 23.8 Å². The number of hydrogen-bond donors (Lipinski definition) is 2. The fourth-order valence-corrected chi connectivity index (χ4v) is 1.57. The van der Waals surface area contributed by atoms with Crippen LogP contribution in [0, 0.1) is 0 Å². The summed E-state index contributed by atoms with van der Waals surface area (Å²) in [6.45, 7) is 5.78. The lowest BCUT2D eigenvalue weighted by Crippen LogP contribution is -2.42. The highest BCUT2D eigenvalue weighted by atomic mass is 35.5. The normalized spacial score (nSPS) is 25.6. The number of nitrogens with two attached hydrogens (primary N) is 1. The predicted octanol–water partition coefficient (Wildman–Crippen LogP) is 1.81. The minimum Gasteiger partial charge on any atom is -0.446 e. The maximum absolute atomic E-state index is 11.3. The second kappa shape index (κ2) is 5.56. The van der Waals surface area contributed by atoms with Crippen molar-refractivity contribution in [3.05, 3.63) is 0 Å². The zero-order valence-corrected chi connectivity index (χ0v) is 10.4. The van der Waals surface area contributed by atoms with E-state index in [1.165, 1.54) is 0 Å². The summed E-state index contributed by atoms with van der Waals surface area (Å²) < 4.78 is 5.23. The molecule has 0 aromatic rings.